The standard InChI is InChI=1S/C21H27NO4/c23-21(20-11-6-12-24-20)22(13-16-7-2-1-3-8-16)14-17-15-25-18-9-4-5-10-19(18)26-17/h1-2,4-5,9-10,16-17,20H,3,6-8,11-15H2/t16-,17+,20-/m0/s1. The van der Waals surface area contributed by atoms with Crippen molar-refractivity contribution in [3.8, 4) is 11.5 Å². The minimum Gasteiger partial charge on any atom is -0.486 e. The van der Waals surface area contributed by atoms with Gasteiger partial charge in [-0.3, -0.25) is 4.79 Å². The number of amides is 1. The van der Waals surface area contributed by atoms with E-state index in [2.05, 4.69) is 12.2 Å². The second kappa shape index (κ2) is 8.12. The average Bonchev–Trinajstić information content (AvgIpc) is 3.22. The largest absolute Gasteiger partial charge is 0.486 e. The van der Waals surface area contributed by atoms with Crippen LogP contribution in [0.3, 0.4) is 0 Å². The van der Waals surface area contributed by atoms with Gasteiger partial charge in [0.15, 0.2) is 17.6 Å². The molecule has 0 radical (unpaired) electrons. The molecule has 2 aliphatic heterocycles. The third-order valence-electron chi connectivity index (χ3n) is 5.36. The van der Waals surface area contributed by atoms with Crippen LogP contribution in [0.15, 0.2) is 36.4 Å². The number of nitrogens with zero attached hydrogens (tertiary/aromatic N) is 1. The molecule has 2 heterocycles. The summed E-state index contributed by atoms with van der Waals surface area (Å²) in [6, 6.07) is 7.70. The van der Waals surface area contributed by atoms with Gasteiger partial charge in [0, 0.05) is 13.2 Å². The normalized spacial score (nSPS) is 27.3. The third-order valence-corrected chi connectivity index (χ3v) is 5.36. The summed E-state index contributed by atoms with van der Waals surface area (Å²) in [7, 11) is 0. The fourth-order valence-corrected chi connectivity index (χ4v) is 3.96. The summed E-state index contributed by atoms with van der Waals surface area (Å²) in [6.07, 6.45) is 9.11. The zero-order valence-corrected chi connectivity index (χ0v) is 15.1. The van der Waals surface area contributed by atoms with Gasteiger partial charge in [-0.15, -0.1) is 0 Å². The van der Waals surface area contributed by atoms with Gasteiger partial charge in [-0.1, -0.05) is 24.3 Å². The van der Waals surface area contributed by atoms with Crippen molar-refractivity contribution in [2.24, 2.45) is 5.92 Å². The molecule has 3 aliphatic rings. The number of hydrogen-bond acceptors (Lipinski definition) is 4. The van der Waals surface area contributed by atoms with Crippen LogP contribution in [0.1, 0.15) is 32.1 Å². The molecule has 0 unspecified atom stereocenters. The van der Waals surface area contributed by atoms with Gasteiger partial charge in [0.1, 0.15) is 12.7 Å². The minimum absolute atomic E-state index is 0.111. The fraction of sp³-hybridized carbons (Fsp3) is 0.571. The van der Waals surface area contributed by atoms with Crippen LogP contribution >= 0.6 is 0 Å². The molecule has 0 saturated carbocycles. The predicted octanol–water partition coefficient (Wildman–Crippen LogP) is 3.19. The second-order valence-corrected chi connectivity index (χ2v) is 7.39. The Balaban J connectivity index is 1.43. The van der Waals surface area contributed by atoms with Crippen LogP contribution in [-0.4, -0.2) is 49.3 Å². The molecule has 1 aliphatic carbocycles. The zero-order chi connectivity index (χ0) is 17.8. The van der Waals surface area contributed by atoms with E-state index in [1.165, 1.54) is 0 Å². The van der Waals surface area contributed by atoms with E-state index in [4.69, 9.17) is 14.2 Å². The van der Waals surface area contributed by atoms with Gasteiger partial charge in [-0.05, 0) is 50.2 Å². The van der Waals surface area contributed by atoms with E-state index in [-0.39, 0.29) is 18.1 Å². The molecule has 5 nitrogen and oxygen atoms in total. The summed E-state index contributed by atoms with van der Waals surface area (Å²) in [6.45, 7) is 2.47. The number of hydrogen-bond donors (Lipinski definition) is 0. The van der Waals surface area contributed by atoms with E-state index in [0.29, 0.717) is 25.7 Å². The van der Waals surface area contributed by atoms with Crippen LogP contribution in [0.4, 0.5) is 0 Å². The Morgan fingerprint density at radius 1 is 1.12 bits per heavy atom. The number of allylic oxidation sites excluding steroid dienone is 2. The Morgan fingerprint density at radius 3 is 2.77 bits per heavy atom. The van der Waals surface area contributed by atoms with E-state index in [1.54, 1.807) is 0 Å². The number of carbonyl (C=O) groups is 1. The van der Waals surface area contributed by atoms with Gasteiger partial charge in [0.25, 0.3) is 5.91 Å². The van der Waals surface area contributed by atoms with Gasteiger partial charge in [0.05, 0.1) is 6.54 Å². The van der Waals surface area contributed by atoms with Crippen LogP contribution in [0, 0.1) is 5.92 Å². The van der Waals surface area contributed by atoms with E-state index in [1.807, 2.05) is 29.2 Å². The maximum Gasteiger partial charge on any atom is 0.251 e. The maximum absolute atomic E-state index is 13.0. The van der Waals surface area contributed by atoms with Crippen molar-refractivity contribution in [3.05, 3.63) is 36.4 Å². The zero-order valence-electron chi connectivity index (χ0n) is 15.1. The lowest BCUT2D eigenvalue weighted by atomic mass is 9.93. The quantitative estimate of drug-likeness (QED) is 0.760. The van der Waals surface area contributed by atoms with Gasteiger partial charge in [-0.25, -0.2) is 0 Å². The lowest BCUT2D eigenvalue weighted by molar-refractivity contribution is -0.143. The molecule has 1 saturated heterocycles. The Labute approximate surface area is 154 Å². The molecule has 0 aromatic heterocycles. The number of benzene rings is 1. The summed E-state index contributed by atoms with van der Waals surface area (Å²) in [4.78, 5) is 15.0. The first-order chi connectivity index (χ1) is 12.8. The Kier molecular flexibility index (Phi) is 5.44. The van der Waals surface area contributed by atoms with E-state index in [9.17, 15) is 4.79 Å². The summed E-state index contributed by atoms with van der Waals surface area (Å²) >= 11 is 0. The van der Waals surface area contributed by atoms with Crippen molar-refractivity contribution in [2.45, 2.75) is 44.3 Å². The van der Waals surface area contributed by atoms with Gasteiger partial charge >= 0.3 is 0 Å². The summed E-state index contributed by atoms with van der Waals surface area (Å²) < 4.78 is 17.6. The lowest BCUT2D eigenvalue weighted by Gasteiger charge is -2.34. The maximum atomic E-state index is 13.0. The van der Waals surface area contributed by atoms with Crippen LogP contribution < -0.4 is 9.47 Å². The number of fused-ring (bicyclic) bond motifs is 1. The molecule has 1 aromatic rings. The number of para-hydroxylation sites is 2. The highest BCUT2D eigenvalue weighted by Gasteiger charge is 2.32. The first-order valence-corrected chi connectivity index (χ1v) is 9.73. The molecule has 0 bridgehead atoms. The number of rotatable bonds is 5. The summed E-state index contributed by atoms with van der Waals surface area (Å²) in [5.41, 5.74) is 0. The predicted molar refractivity (Wildman–Crippen MR) is 98.4 cm³/mol. The highest BCUT2D eigenvalue weighted by Crippen LogP contribution is 2.31. The number of carbonyl (C=O) groups excluding carboxylic acids is 1. The molecule has 26 heavy (non-hydrogen) atoms. The summed E-state index contributed by atoms with van der Waals surface area (Å²) in [5.74, 6) is 2.16. The van der Waals surface area contributed by atoms with Crippen molar-refractivity contribution in [1.29, 1.82) is 0 Å². The molecule has 1 fully saturated rings. The van der Waals surface area contributed by atoms with Crippen molar-refractivity contribution in [3.63, 3.8) is 0 Å². The first-order valence-electron chi connectivity index (χ1n) is 9.73. The van der Waals surface area contributed by atoms with E-state index >= 15 is 0 Å². The average molecular weight is 357 g/mol. The summed E-state index contributed by atoms with van der Waals surface area (Å²) in [5, 5.41) is 0. The number of ether oxygens (including phenoxy) is 3. The first kappa shape index (κ1) is 17.4. The molecule has 0 N–H and O–H groups in total. The second-order valence-electron chi connectivity index (χ2n) is 7.39. The van der Waals surface area contributed by atoms with Crippen LogP contribution in [-0.2, 0) is 9.53 Å². The van der Waals surface area contributed by atoms with Gasteiger partial charge in [-0.2, -0.15) is 0 Å². The molecular weight excluding hydrogens is 330 g/mol. The molecular formula is C21H27NO4. The fourth-order valence-electron chi connectivity index (χ4n) is 3.96. The Hall–Kier alpha value is -2.01. The van der Waals surface area contributed by atoms with Crippen LogP contribution in [0.2, 0.25) is 0 Å². The molecule has 140 valence electrons. The minimum atomic E-state index is -0.286. The van der Waals surface area contributed by atoms with Crippen molar-refractivity contribution in [2.75, 3.05) is 26.3 Å². The Morgan fingerprint density at radius 2 is 2.00 bits per heavy atom. The van der Waals surface area contributed by atoms with E-state index in [0.717, 1.165) is 50.1 Å². The smallest absolute Gasteiger partial charge is 0.251 e. The monoisotopic (exact) mass is 357 g/mol. The molecule has 3 atom stereocenters. The van der Waals surface area contributed by atoms with Gasteiger partial charge < -0.3 is 19.1 Å². The molecule has 1 aromatic carbocycles. The van der Waals surface area contributed by atoms with Gasteiger partial charge in [0.2, 0.25) is 0 Å². The Bertz CT molecular complexity index is 653. The van der Waals surface area contributed by atoms with Crippen molar-refractivity contribution < 1.29 is 19.0 Å². The van der Waals surface area contributed by atoms with E-state index < -0.39 is 0 Å². The lowest BCUT2D eigenvalue weighted by Crippen LogP contribution is -2.48. The molecule has 0 spiro atoms. The van der Waals surface area contributed by atoms with Crippen molar-refractivity contribution >= 4 is 5.91 Å². The SMILES string of the molecule is O=C([C@@H]1CCCO1)N(C[C@H]1CC=CCC1)C[C@@H]1COc2ccccc2O1. The van der Waals surface area contributed by atoms with Crippen LogP contribution in [0.5, 0.6) is 11.5 Å². The highest BCUT2D eigenvalue weighted by molar-refractivity contribution is 5.81. The third kappa shape index (κ3) is 4.04. The highest BCUT2D eigenvalue weighted by atomic mass is 16.6. The van der Waals surface area contributed by atoms with Crippen molar-refractivity contribution in [1.82, 2.24) is 4.90 Å². The molecule has 1 amide bonds. The molecule has 4 rings (SSSR count). The van der Waals surface area contributed by atoms with Crippen LogP contribution in [0.25, 0.3) is 0 Å². The molecule has 5 heteroatoms. The topological polar surface area (TPSA) is 48.0 Å².